The molecule has 0 bridgehead atoms. The molecule has 0 fully saturated rings. The van der Waals surface area contributed by atoms with E-state index in [0.717, 1.165) is 16.0 Å². The van der Waals surface area contributed by atoms with Crippen LogP contribution in [0.5, 0.6) is 0 Å². The van der Waals surface area contributed by atoms with Crippen LogP contribution >= 0.6 is 23.4 Å². The van der Waals surface area contributed by atoms with Crippen LogP contribution in [0.4, 0.5) is 15.8 Å². The van der Waals surface area contributed by atoms with E-state index in [1.165, 1.54) is 30.0 Å². The number of hydrogen-bond acceptors (Lipinski definition) is 3. The molecule has 4 aromatic carbocycles. The molecule has 4 aromatic rings. The molecule has 35 heavy (non-hydrogen) atoms. The first kappa shape index (κ1) is 24.5. The zero-order valence-corrected chi connectivity index (χ0v) is 20.4. The highest BCUT2D eigenvalue weighted by molar-refractivity contribution is 8.00. The van der Waals surface area contributed by atoms with Crippen LogP contribution in [-0.2, 0) is 4.79 Å². The summed E-state index contributed by atoms with van der Waals surface area (Å²) in [6.07, 6.45) is 0. The molecule has 2 N–H and O–H groups in total. The molecule has 0 aliphatic heterocycles. The van der Waals surface area contributed by atoms with E-state index < -0.39 is 17.0 Å². The van der Waals surface area contributed by atoms with Gasteiger partial charge in [-0.2, -0.15) is 0 Å². The smallest absolute Gasteiger partial charge is 0.258 e. The molecule has 0 saturated heterocycles. The molecule has 4 rings (SSSR count). The van der Waals surface area contributed by atoms with E-state index in [1.54, 1.807) is 30.3 Å². The summed E-state index contributed by atoms with van der Waals surface area (Å²) in [5, 5.41) is 5.76. The molecule has 176 valence electrons. The average Bonchev–Trinajstić information content (AvgIpc) is 2.87. The molecular weight excluding hydrogens is 483 g/mol. The van der Waals surface area contributed by atoms with Crippen molar-refractivity contribution in [2.45, 2.75) is 17.1 Å². The van der Waals surface area contributed by atoms with Gasteiger partial charge in [0, 0.05) is 21.3 Å². The first-order chi connectivity index (χ1) is 16.9. The van der Waals surface area contributed by atoms with Crippen molar-refractivity contribution in [1.29, 1.82) is 0 Å². The molecule has 1 unspecified atom stereocenters. The number of halogens is 2. The van der Waals surface area contributed by atoms with Crippen molar-refractivity contribution in [2.24, 2.45) is 0 Å². The number of hydrogen-bond donors (Lipinski definition) is 2. The summed E-state index contributed by atoms with van der Waals surface area (Å²) in [7, 11) is 0. The van der Waals surface area contributed by atoms with Gasteiger partial charge in [0.1, 0.15) is 11.1 Å². The fourth-order valence-electron chi connectivity index (χ4n) is 3.44. The van der Waals surface area contributed by atoms with Crippen molar-refractivity contribution < 1.29 is 14.0 Å². The normalized spacial score (nSPS) is 11.5. The lowest BCUT2D eigenvalue weighted by Crippen LogP contribution is -2.19. The van der Waals surface area contributed by atoms with Crippen molar-refractivity contribution in [1.82, 2.24) is 0 Å². The Bertz CT molecular complexity index is 1350. The van der Waals surface area contributed by atoms with E-state index in [9.17, 15) is 14.0 Å². The van der Waals surface area contributed by atoms with Crippen molar-refractivity contribution in [2.75, 3.05) is 10.6 Å². The topological polar surface area (TPSA) is 58.2 Å². The van der Waals surface area contributed by atoms with Crippen LogP contribution in [0.25, 0.3) is 0 Å². The Hall–Kier alpha value is -3.61. The highest BCUT2D eigenvalue weighted by Crippen LogP contribution is 2.37. The first-order valence-corrected chi connectivity index (χ1v) is 12.1. The Balaban J connectivity index is 1.51. The Morgan fingerprint density at radius 2 is 1.51 bits per heavy atom. The van der Waals surface area contributed by atoms with E-state index in [4.69, 9.17) is 11.6 Å². The maximum atomic E-state index is 13.9. The van der Waals surface area contributed by atoms with Gasteiger partial charge in [-0.05, 0) is 66.6 Å². The summed E-state index contributed by atoms with van der Waals surface area (Å²) < 4.78 is 13.9. The number of amides is 2. The highest BCUT2D eigenvalue weighted by Gasteiger charge is 2.23. The fraction of sp³-hybridized carbons (Fsp3) is 0.0714. The number of anilines is 2. The van der Waals surface area contributed by atoms with Crippen LogP contribution in [0, 0.1) is 12.7 Å². The van der Waals surface area contributed by atoms with Gasteiger partial charge in [-0.15, -0.1) is 11.8 Å². The quantitative estimate of drug-likeness (QED) is 0.256. The Morgan fingerprint density at radius 1 is 0.829 bits per heavy atom. The van der Waals surface area contributed by atoms with Crippen LogP contribution in [0.3, 0.4) is 0 Å². The van der Waals surface area contributed by atoms with E-state index in [2.05, 4.69) is 10.6 Å². The van der Waals surface area contributed by atoms with E-state index in [0.29, 0.717) is 16.4 Å². The molecule has 0 heterocycles. The van der Waals surface area contributed by atoms with Gasteiger partial charge in [0.15, 0.2) is 0 Å². The summed E-state index contributed by atoms with van der Waals surface area (Å²) in [4.78, 5) is 26.5. The lowest BCUT2D eigenvalue weighted by Gasteiger charge is -2.18. The molecule has 2 amide bonds. The van der Waals surface area contributed by atoms with E-state index in [1.807, 2.05) is 55.5 Å². The summed E-state index contributed by atoms with van der Waals surface area (Å²) >= 11 is 7.60. The molecule has 4 nitrogen and oxygen atoms in total. The molecular formula is C28H22ClFN2O2S. The zero-order chi connectivity index (χ0) is 24.8. The third kappa shape index (κ3) is 6.10. The molecule has 1 atom stereocenters. The van der Waals surface area contributed by atoms with Crippen molar-refractivity contribution in [3.8, 4) is 0 Å². The summed E-state index contributed by atoms with van der Waals surface area (Å²) in [6, 6.07) is 27.8. The molecule has 0 aliphatic carbocycles. The second kappa shape index (κ2) is 11.2. The van der Waals surface area contributed by atoms with Gasteiger partial charge in [0.05, 0.1) is 5.56 Å². The lowest BCUT2D eigenvalue weighted by atomic mass is 10.1. The minimum absolute atomic E-state index is 0.0249. The molecule has 0 spiro atoms. The maximum Gasteiger partial charge on any atom is 0.258 e. The molecule has 0 aromatic heterocycles. The predicted molar refractivity (Wildman–Crippen MR) is 141 cm³/mol. The number of carbonyl (C=O) groups excluding carboxylic acids is 2. The maximum absolute atomic E-state index is 13.9. The standard InChI is InChI=1S/C28H22ClFN2O2S/c1-18-23(29)11-7-13-25(18)32-28(34)26(19-8-3-2-4-9-19)35-21-16-14-20(15-17-21)31-27(33)22-10-5-6-12-24(22)30/h2-17,26H,1H3,(H,31,33)(H,32,34). The van der Waals surface area contributed by atoms with Crippen LogP contribution in [0.15, 0.2) is 102 Å². The second-order valence-electron chi connectivity index (χ2n) is 7.77. The number of carbonyl (C=O) groups is 2. The Morgan fingerprint density at radius 3 is 2.23 bits per heavy atom. The largest absolute Gasteiger partial charge is 0.325 e. The minimum atomic E-state index is -0.580. The monoisotopic (exact) mass is 504 g/mol. The number of rotatable bonds is 7. The van der Waals surface area contributed by atoms with Gasteiger partial charge in [0.2, 0.25) is 5.91 Å². The SMILES string of the molecule is Cc1c(Cl)cccc1NC(=O)C(Sc1ccc(NC(=O)c2ccccc2F)cc1)c1ccccc1. The summed E-state index contributed by atoms with van der Waals surface area (Å²) in [5.41, 5.74) is 2.82. The number of thioether (sulfide) groups is 1. The first-order valence-electron chi connectivity index (χ1n) is 10.9. The minimum Gasteiger partial charge on any atom is -0.325 e. The molecule has 7 heteroatoms. The third-order valence-electron chi connectivity index (χ3n) is 5.35. The van der Waals surface area contributed by atoms with Crippen LogP contribution in [-0.4, -0.2) is 11.8 Å². The Kier molecular flexibility index (Phi) is 7.85. The van der Waals surface area contributed by atoms with Crippen molar-refractivity contribution in [3.05, 3.63) is 125 Å². The lowest BCUT2D eigenvalue weighted by molar-refractivity contribution is -0.115. The fourth-order valence-corrected chi connectivity index (χ4v) is 4.64. The third-order valence-corrected chi connectivity index (χ3v) is 7.03. The number of benzene rings is 4. The van der Waals surface area contributed by atoms with Crippen LogP contribution in [0.2, 0.25) is 5.02 Å². The van der Waals surface area contributed by atoms with Gasteiger partial charge in [-0.1, -0.05) is 60.1 Å². The van der Waals surface area contributed by atoms with Gasteiger partial charge in [-0.25, -0.2) is 4.39 Å². The Labute approximate surface area is 212 Å². The van der Waals surface area contributed by atoms with Crippen molar-refractivity contribution in [3.63, 3.8) is 0 Å². The van der Waals surface area contributed by atoms with Crippen LogP contribution < -0.4 is 10.6 Å². The van der Waals surface area contributed by atoms with Gasteiger partial charge >= 0.3 is 0 Å². The average molecular weight is 505 g/mol. The molecule has 0 saturated carbocycles. The van der Waals surface area contributed by atoms with Crippen molar-refractivity contribution >= 4 is 46.6 Å². The highest BCUT2D eigenvalue weighted by atomic mass is 35.5. The van der Waals surface area contributed by atoms with E-state index >= 15 is 0 Å². The van der Waals surface area contributed by atoms with Crippen LogP contribution in [0.1, 0.15) is 26.7 Å². The zero-order valence-electron chi connectivity index (χ0n) is 18.8. The second-order valence-corrected chi connectivity index (χ2v) is 9.35. The van der Waals surface area contributed by atoms with Gasteiger partial charge in [0.25, 0.3) is 5.91 Å². The number of nitrogens with one attached hydrogen (secondary N) is 2. The molecule has 0 aliphatic rings. The van der Waals surface area contributed by atoms with Gasteiger partial charge in [-0.3, -0.25) is 9.59 Å². The predicted octanol–water partition coefficient (Wildman–Crippen LogP) is 7.51. The van der Waals surface area contributed by atoms with E-state index in [-0.39, 0.29) is 11.5 Å². The van der Waals surface area contributed by atoms with Gasteiger partial charge < -0.3 is 10.6 Å². The summed E-state index contributed by atoms with van der Waals surface area (Å²) in [5.74, 6) is -1.28. The molecule has 0 radical (unpaired) electrons. The summed E-state index contributed by atoms with van der Waals surface area (Å²) in [6.45, 7) is 1.86.